The van der Waals surface area contributed by atoms with Crippen LogP contribution < -0.4 is 0 Å². The zero-order valence-corrected chi connectivity index (χ0v) is 11.8. The van der Waals surface area contributed by atoms with Gasteiger partial charge in [0, 0.05) is 0 Å². The number of hydrogen-bond acceptors (Lipinski definition) is 6. The molecule has 1 saturated carbocycles. The molecule has 21 heavy (non-hydrogen) atoms. The lowest BCUT2D eigenvalue weighted by molar-refractivity contribution is -0.433. The van der Waals surface area contributed by atoms with Crippen molar-refractivity contribution in [3.63, 3.8) is 0 Å². The highest BCUT2D eigenvalue weighted by molar-refractivity contribution is 7.96. The SMILES string of the molecule is O=C(OCCCC1CCCC1)C(F)(SOOO)C(F)(F)F. The Balaban J connectivity index is 2.41. The summed E-state index contributed by atoms with van der Waals surface area (Å²) in [5.74, 6) is -1.65. The van der Waals surface area contributed by atoms with Crippen LogP contribution in [0, 0.1) is 5.92 Å². The van der Waals surface area contributed by atoms with Crippen LogP contribution in [0.5, 0.6) is 0 Å². The van der Waals surface area contributed by atoms with Gasteiger partial charge in [-0.2, -0.15) is 13.2 Å². The number of halogens is 4. The summed E-state index contributed by atoms with van der Waals surface area (Å²) in [7, 11) is 0. The van der Waals surface area contributed by atoms with Gasteiger partial charge in [-0.3, -0.25) is 0 Å². The first-order chi connectivity index (χ1) is 9.81. The van der Waals surface area contributed by atoms with Crippen LogP contribution in [0.25, 0.3) is 0 Å². The summed E-state index contributed by atoms with van der Waals surface area (Å²) in [4.78, 5) is 11.3. The van der Waals surface area contributed by atoms with Gasteiger partial charge in [0.1, 0.15) is 0 Å². The van der Waals surface area contributed by atoms with E-state index in [-0.39, 0.29) is 6.61 Å². The van der Waals surface area contributed by atoms with Crippen LogP contribution in [0.1, 0.15) is 38.5 Å². The van der Waals surface area contributed by atoms with Crippen molar-refractivity contribution in [2.75, 3.05) is 6.61 Å². The molecule has 1 aliphatic rings. The second-order valence-corrected chi connectivity index (χ2v) is 5.61. The molecule has 0 saturated heterocycles. The standard InChI is InChI=1S/C11H16F4O5S/c12-10(11(13,14)15,21-20-19-17)9(16)18-7-3-6-8-4-1-2-5-8/h8,17H,1-7H2. The fraction of sp³-hybridized carbons (Fsp3) is 0.909. The Kier molecular flexibility index (Phi) is 7.17. The van der Waals surface area contributed by atoms with Crippen LogP contribution >= 0.6 is 12.0 Å². The molecule has 124 valence electrons. The third-order valence-corrected chi connectivity index (χ3v) is 4.03. The van der Waals surface area contributed by atoms with E-state index in [9.17, 15) is 22.4 Å². The van der Waals surface area contributed by atoms with Gasteiger partial charge in [0.2, 0.25) is 0 Å². The summed E-state index contributed by atoms with van der Waals surface area (Å²) in [5.41, 5.74) is 0. The van der Waals surface area contributed by atoms with Gasteiger partial charge in [-0.05, 0) is 18.8 Å². The summed E-state index contributed by atoms with van der Waals surface area (Å²) in [6.45, 7) is -0.308. The Hall–Kier alpha value is -0.580. The third-order valence-electron chi connectivity index (χ3n) is 3.27. The smallest absolute Gasteiger partial charge is 0.446 e. The highest BCUT2D eigenvalue weighted by Gasteiger charge is 2.66. The average molecular weight is 336 g/mol. The largest absolute Gasteiger partial charge is 0.462 e. The molecular formula is C11H16F4O5S. The predicted octanol–water partition coefficient (Wildman–Crippen LogP) is 3.80. The summed E-state index contributed by atoms with van der Waals surface area (Å²) < 4.78 is 58.9. The summed E-state index contributed by atoms with van der Waals surface area (Å²) in [6.07, 6.45) is -0.113. The highest BCUT2D eigenvalue weighted by atomic mass is 32.2. The second kappa shape index (κ2) is 8.16. The van der Waals surface area contributed by atoms with Crippen LogP contribution in [-0.2, 0) is 18.9 Å². The van der Waals surface area contributed by atoms with E-state index < -0.39 is 29.2 Å². The van der Waals surface area contributed by atoms with Crippen LogP contribution in [0.3, 0.4) is 0 Å². The fourth-order valence-electron chi connectivity index (χ4n) is 2.19. The number of carbonyl (C=O) groups excluding carboxylic acids is 1. The molecule has 1 unspecified atom stereocenters. The Morgan fingerprint density at radius 2 is 1.86 bits per heavy atom. The van der Waals surface area contributed by atoms with Crippen molar-refractivity contribution in [2.45, 2.75) is 49.7 Å². The summed E-state index contributed by atoms with van der Waals surface area (Å²) in [5, 5.41) is 6.22. The van der Waals surface area contributed by atoms with Crippen molar-refractivity contribution in [3.05, 3.63) is 0 Å². The first-order valence-corrected chi connectivity index (χ1v) is 7.14. The molecule has 5 nitrogen and oxygen atoms in total. The first-order valence-electron chi connectivity index (χ1n) is 6.40. The first kappa shape index (κ1) is 18.5. The molecule has 1 N–H and O–H groups in total. The molecule has 1 fully saturated rings. The number of ether oxygens (including phenoxy) is 1. The molecule has 0 bridgehead atoms. The maximum Gasteiger partial charge on any atom is 0.446 e. The normalized spacial score (nSPS) is 19.5. The quantitative estimate of drug-likeness (QED) is 0.182. The second-order valence-electron chi connectivity index (χ2n) is 4.75. The minimum Gasteiger partial charge on any atom is -0.462 e. The van der Waals surface area contributed by atoms with E-state index in [0.717, 1.165) is 32.1 Å². The van der Waals surface area contributed by atoms with Gasteiger partial charge in [-0.15, -0.1) is 4.33 Å². The zero-order chi connectivity index (χ0) is 15.9. The van der Waals surface area contributed by atoms with Crippen molar-refractivity contribution >= 4 is 18.0 Å². The molecule has 0 heterocycles. The van der Waals surface area contributed by atoms with Gasteiger partial charge >= 0.3 is 17.1 Å². The van der Waals surface area contributed by atoms with Crippen molar-refractivity contribution < 1.29 is 41.7 Å². The van der Waals surface area contributed by atoms with Gasteiger partial charge in [0.25, 0.3) is 0 Å². The summed E-state index contributed by atoms with van der Waals surface area (Å²) in [6, 6.07) is 0. The molecule has 0 amide bonds. The maximum atomic E-state index is 13.7. The Labute approximate surface area is 123 Å². The lowest BCUT2D eigenvalue weighted by Crippen LogP contribution is -2.46. The van der Waals surface area contributed by atoms with Crippen LogP contribution in [0.4, 0.5) is 17.6 Å². The van der Waals surface area contributed by atoms with E-state index in [4.69, 9.17) is 5.26 Å². The van der Waals surface area contributed by atoms with E-state index in [1.54, 1.807) is 0 Å². The lowest BCUT2D eigenvalue weighted by atomic mass is 10.0. The third kappa shape index (κ3) is 5.28. The van der Waals surface area contributed by atoms with E-state index in [1.165, 1.54) is 0 Å². The predicted molar refractivity (Wildman–Crippen MR) is 64.4 cm³/mol. The van der Waals surface area contributed by atoms with Crippen molar-refractivity contribution in [2.24, 2.45) is 5.92 Å². The van der Waals surface area contributed by atoms with Crippen molar-refractivity contribution in [1.29, 1.82) is 0 Å². The number of esters is 1. The van der Waals surface area contributed by atoms with Gasteiger partial charge < -0.3 is 4.74 Å². The number of carbonyl (C=O) groups is 1. The number of alkyl halides is 4. The molecular weight excluding hydrogens is 320 g/mol. The van der Waals surface area contributed by atoms with Crippen LogP contribution in [0.2, 0.25) is 0 Å². The molecule has 0 aromatic carbocycles. The van der Waals surface area contributed by atoms with E-state index in [2.05, 4.69) is 14.1 Å². The minimum atomic E-state index is -5.57. The number of hydrogen-bond donors (Lipinski definition) is 1. The Morgan fingerprint density at radius 3 is 2.38 bits per heavy atom. The molecule has 0 spiro atoms. The average Bonchev–Trinajstić information content (AvgIpc) is 2.92. The van der Waals surface area contributed by atoms with Crippen LogP contribution in [0.15, 0.2) is 0 Å². The van der Waals surface area contributed by atoms with Gasteiger partial charge in [0.15, 0.2) is 0 Å². The highest BCUT2D eigenvalue weighted by Crippen LogP contribution is 2.44. The van der Waals surface area contributed by atoms with Crippen LogP contribution in [-0.4, -0.2) is 29.0 Å². The summed E-state index contributed by atoms with van der Waals surface area (Å²) >= 11 is -1.02. The fourth-order valence-corrected chi connectivity index (χ4v) is 2.53. The minimum absolute atomic E-state index is 0.308. The Bertz CT molecular complexity index is 335. The molecule has 0 aromatic heterocycles. The lowest BCUT2D eigenvalue weighted by Gasteiger charge is -2.23. The van der Waals surface area contributed by atoms with Crippen molar-refractivity contribution in [3.8, 4) is 0 Å². The van der Waals surface area contributed by atoms with Crippen molar-refractivity contribution in [1.82, 2.24) is 0 Å². The molecule has 0 radical (unpaired) electrons. The molecule has 1 atom stereocenters. The molecule has 0 aromatic rings. The molecule has 1 aliphatic carbocycles. The van der Waals surface area contributed by atoms with Gasteiger partial charge in [-0.1, -0.05) is 30.7 Å². The van der Waals surface area contributed by atoms with Gasteiger partial charge in [0.05, 0.1) is 18.6 Å². The topological polar surface area (TPSA) is 65.0 Å². The van der Waals surface area contributed by atoms with E-state index in [1.807, 2.05) is 0 Å². The number of rotatable bonds is 8. The van der Waals surface area contributed by atoms with E-state index >= 15 is 0 Å². The van der Waals surface area contributed by atoms with Gasteiger partial charge in [-0.25, -0.2) is 14.4 Å². The molecule has 1 rings (SSSR count). The monoisotopic (exact) mass is 336 g/mol. The maximum absolute atomic E-state index is 13.7. The molecule has 10 heteroatoms. The Morgan fingerprint density at radius 1 is 1.24 bits per heavy atom. The van der Waals surface area contributed by atoms with E-state index in [0.29, 0.717) is 12.3 Å². The zero-order valence-electron chi connectivity index (χ0n) is 11.0. The molecule has 0 aliphatic heterocycles.